The minimum absolute atomic E-state index is 0.677. The van der Waals surface area contributed by atoms with Gasteiger partial charge in [-0.25, -0.2) is 0 Å². The van der Waals surface area contributed by atoms with Crippen molar-refractivity contribution in [3.05, 3.63) is 93.6 Å². The molecular weight excluding hydrogens is 344 g/mol. The van der Waals surface area contributed by atoms with Gasteiger partial charge >= 0.3 is 0 Å². The summed E-state index contributed by atoms with van der Waals surface area (Å²) in [4.78, 5) is 9.20. The van der Waals surface area contributed by atoms with E-state index in [4.69, 9.17) is 4.98 Å². The van der Waals surface area contributed by atoms with Crippen LogP contribution < -0.4 is 0 Å². The minimum Gasteiger partial charge on any atom is -0.384 e. The Morgan fingerprint density at radius 1 is 0.929 bits per heavy atom. The molecule has 1 unspecified atom stereocenters. The summed E-state index contributed by atoms with van der Waals surface area (Å²) in [6.45, 7) is 0. The Morgan fingerprint density at radius 2 is 1.86 bits per heavy atom. The van der Waals surface area contributed by atoms with Crippen molar-refractivity contribution in [1.82, 2.24) is 9.97 Å². The number of hydrogen-bond donors (Lipinski definition) is 1. The lowest BCUT2D eigenvalue weighted by atomic mass is 9.95. The van der Waals surface area contributed by atoms with Gasteiger partial charge in [0.05, 0.1) is 11.4 Å². The molecule has 0 bridgehead atoms. The van der Waals surface area contributed by atoms with E-state index in [-0.39, 0.29) is 0 Å². The maximum atomic E-state index is 10.9. The van der Waals surface area contributed by atoms with Crippen LogP contribution in [0.1, 0.15) is 63.8 Å². The third-order valence-corrected chi connectivity index (χ3v) is 5.64. The van der Waals surface area contributed by atoms with Crippen LogP contribution in [0, 0.1) is 0 Å². The largest absolute Gasteiger partial charge is 0.384 e. The van der Waals surface area contributed by atoms with Gasteiger partial charge in [0, 0.05) is 17.5 Å². The smallest absolute Gasteiger partial charge is 0.107 e. The average Bonchev–Trinajstić information content (AvgIpc) is 2.89. The highest BCUT2D eigenvalue weighted by molar-refractivity contribution is 5.76. The Morgan fingerprint density at radius 3 is 2.82 bits per heavy atom. The molecule has 2 aliphatic carbocycles. The number of rotatable bonds is 2. The van der Waals surface area contributed by atoms with Gasteiger partial charge in [0.2, 0.25) is 0 Å². The minimum atomic E-state index is -0.677. The van der Waals surface area contributed by atoms with E-state index in [1.807, 2.05) is 24.3 Å². The fourth-order valence-electron chi connectivity index (χ4n) is 4.10. The van der Waals surface area contributed by atoms with Crippen LogP contribution in [-0.4, -0.2) is 15.1 Å². The number of aryl methyl sites for hydroxylation is 2. The number of hydrogen-bond acceptors (Lipinski definition) is 3. The molecule has 0 aliphatic heterocycles. The van der Waals surface area contributed by atoms with Gasteiger partial charge in [-0.05, 0) is 78.3 Å². The molecular formula is C25H22N2O. The standard InChI is InChI=1S/C25H22N2O/c28-25-21-5-3-15-26-24(21)14-11-18-9-7-17(16-22(18)25)8-12-20-13-10-19-4-1-2-6-23(19)27-20/h3,5,7-16,25,28H,1-2,4,6H2/b12-8+. The third kappa shape index (κ3) is 3.19. The van der Waals surface area contributed by atoms with Gasteiger partial charge in [-0.15, -0.1) is 0 Å². The quantitative estimate of drug-likeness (QED) is 0.687. The van der Waals surface area contributed by atoms with Gasteiger partial charge in [-0.2, -0.15) is 0 Å². The third-order valence-electron chi connectivity index (χ3n) is 5.64. The lowest BCUT2D eigenvalue weighted by Gasteiger charge is -2.15. The highest BCUT2D eigenvalue weighted by Crippen LogP contribution is 2.32. The van der Waals surface area contributed by atoms with Crippen LogP contribution in [0.15, 0.2) is 48.7 Å². The molecule has 3 heteroatoms. The summed E-state index contributed by atoms with van der Waals surface area (Å²) in [6.07, 6.45) is 13.9. The van der Waals surface area contributed by atoms with E-state index in [0.29, 0.717) is 0 Å². The molecule has 0 radical (unpaired) electrons. The number of pyridine rings is 2. The van der Waals surface area contributed by atoms with Crippen molar-refractivity contribution in [2.24, 2.45) is 0 Å². The van der Waals surface area contributed by atoms with Crippen LogP contribution in [0.2, 0.25) is 0 Å². The Balaban J connectivity index is 1.46. The van der Waals surface area contributed by atoms with Crippen LogP contribution in [0.25, 0.3) is 24.3 Å². The van der Waals surface area contributed by atoms with Crippen molar-refractivity contribution in [3.63, 3.8) is 0 Å². The Kier molecular flexibility index (Phi) is 4.38. The lowest BCUT2D eigenvalue weighted by molar-refractivity contribution is 0.219. The van der Waals surface area contributed by atoms with Crippen molar-refractivity contribution in [2.75, 3.05) is 0 Å². The van der Waals surface area contributed by atoms with E-state index in [1.54, 1.807) is 6.20 Å². The molecule has 2 aliphatic rings. The van der Waals surface area contributed by atoms with Crippen LogP contribution in [0.3, 0.4) is 0 Å². The first-order valence-corrected chi connectivity index (χ1v) is 9.90. The van der Waals surface area contributed by atoms with Crippen molar-refractivity contribution in [3.8, 4) is 0 Å². The molecule has 0 fully saturated rings. The topological polar surface area (TPSA) is 46.0 Å². The number of aromatic nitrogens is 2. The average molecular weight is 366 g/mol. The van der Waals surface area contributed by atoms with E-state index in [1.165, 1.54) is 24.1 Å². The fraction of sp³-hybridized carbons (Fsp3) is 0.200. The molecule has 3 nitrogen and oxygen atoms in total. The van der Waals surface area contributed by atoms with Crippen molar-refractivity contribution in [2.45, 2.75) is 31.8 Å². The second-order valence-corrected chi connectivity index (χ2v) is 7.48. The molecule has 1 atom stereocenters. The van der Waals surface area contributed by atoms with E-state index < -0.39 is 6.10 Å². The zero-order valence-electron chi connectivity index (χ0n) is 15.7. The highest BCUT2D eigenvalue weighted by Gasteiger charge is 2.19. The molecule has 1 N–H and O–H groups in total. The summed E-state index contributed by atoms with van der Waals surface area (Å²) in [5, 5.41) is 10.9. The van der Waals surface area contributed by atoms with Crippen molar-refractivity contribution in [1.29, 1.82) is 0 Å². The maximum Gasteiger partial charge on any atom is 0.107 e. The summed E-state index contributed by atoms with van der Waals surface area (Å²) < 4.78 is 0. The summed E-state index contributed by atoms with van der Waals surface area (Å²) in [7, 11) is 0. The molecule has 0 saturated carbocycles. The van der Waals surface area contributed by atoms with Gasteiger partial charge in [0.25, 0.3) is 0 Å². The highest BCUT2D eigenvalue weighted by atomic mass is 16.3. The summed E-state index contributed by atoms with van der Waals surface area (Å²) >= 11 is 0. The van der Waals surface area contributed by atoms with E-state index in [0.717, 1.165) is 46.5 Å². The molecule has 28 heavy (non-hydrogen) atoms. The predicted octanol–water partition coefficient (Wildman–Crippen LogP) is 5.09. The van der Waals surface area contributed by atoms with Crippen LogP contribution in [0.5, 0.6) is 0 Å². The molecule has 0 spiro atoms. The Labute approximate surface area is 165 Å². The van der Waals surface area contributed by atoms with Gasteiger partial charge in [-0.1, -0.05) is 36.4 Å². The van der Waals surface area contributed by atoms with E-state index in [2.05, 4.69) is 47.5 Å². The first-order valence-electron chi connectivity index (χ1n) is 9.90. The summed E-state index contributed by atoms with van der Waals surface area (Å²) in [5.41, 5.74) is 8.29. The van der Waals surface area contributed by atoms with Crippen molar-refractivity contribution >= 4 is 24.3 Å². The number of benzene rings is 1. The normalized spacial score (nSPS) is 17.7. The van der Waals surface area contributed by atoms with Crippen LogP contribution in [-0.2, 0) is 12.8 Å². The monoisotopic (exact) mass is 366 g/mol. The van der Waals surface area contributed by atoms with Crippen LogP contribution in [0.4, 0.5) is 0 Å². The molecule has 138 valence electrons. The molecule has 5 rings (SSSR count). The Hall–Kier alpha value is -3.04. The van der Waals surface area contributed by atoms with Crippen LogP contribution >= 0.6 is 0 Å². The first-order chi connectivity index (χ1) is 13.8. The first kappa shape index (κ1) is 17.1. The molecule has 3 aromatic rings. The SMILES string of the molecule is OC1c2cc(/C=C/c3ccc4c(n3)CCCC4)ccc2C=Cc2ncccc21. The summed E-state index contributed by atoms with van der Waals surface area (Å²) in [6, 6.07) is 14.3. The predicted molar refractivity (Wildman–Crippen MR) is 113 cm³/mol. The number of aliphatic hydroxyl groups excluding tert-OH is 1. The van der Waals surface area contributed by atoms with Gasteiger partial charge < -0.3 is 5.11 Å². The fourth-order valence-corrected chi connectivity index (χ4v) is 4.10. The number of aliphatic hydroxyl groups is 1. The molecule has 0 amide bonds. The van der Waals surface area contributed by atoms with Gasteiger partial charge in [-0.3, -0.25) is 9.97 Å². The van der Waals surface area contributed by atoms with Gasteiger partial charge in [0.15, 0.2) is 0 Å². The second-order valence-electron chi connectivity index (χ2n) is 7.48. The molecule has 1 aromatic carbocycles. The van der Waals surface area contributed by atoms with Gasteiger partial charge in [0.1, 0.15) is 6.10 Å². The molecule has 2 aromatic heterocycles. The second kappa shape index (κ2) is 7.17. The van der Waals surface area contributed by atoms with E-state index in [9.17, 15) is 5.11 Å². The number of nitrogens with zero attached hydrogens (tertiary/aromatic N) is 2. The van der Waals surface area contributed by atoms with Crippen molar-refractivity contribution < 1.29 is 5.11 Å². The maximum absolute atomic E-state index is 10.9. The zero-order valence-corrected chi connectivity index (χ0v) is 15.7. The molecule has 0 saturated heterocycles. The summed E-state index contributed by atoms with van der Waals surface area (Å²) in [5.74, 6) is 0. The number of fused-ring (bicyclic) bond motifs is 3. The zero-order chi connectivity index (χ0) is 18.9. The Bertz CT molecular complexity index is 1100. The molecule has 2 heterocycles. The lowest BCUT2D eigenvalue weighted by Crippen LogP contribution is -2.05. The van der Waals surface area contributed by atoms with E-state index >= 15 is 0 Å².